The standard InChI is InChI=1S/C17H22F2N2O3/c1-3-9-16(2,11-22)21-15(24)14(12-7-5-4-6-8-12)17(18,19)10-13(20)23/h4-8,11,14H,3,9-10H2,1-2H3,(H2,20,23)(H,21,24)/t14-,16-/m0/s1. The normalized spacial score (nSPS) is 15.2. The average molecular weight is 340 g/mol. The van der Waals surface area contributed by atoms with Crippen molar-refractivity contribution in [2.75, 3.05) is 0 Å². The molecule has 0 aliphatic rings. The van der Waals surface area contributed by atoms with E-state index in [9.17, 15) is 23.2 Å². The lowest BCUT2D eigenvalue weighted by Crippen LogP contribution is -2.52. The highest BCUT2D eigenvalue weighted by atomic mass is 19.3. The molecule has 1 rings (SSSR count). The van der Waals surface area contributed by atoms with E-state index < -0.39 is 35.6 Å². The largest absolute Gasteiger partial charge is 0.369 e. The van der Waals surface area contributed by atoms with Crippen LogP contribution in [0.2, 0.25) is 0 Å². The van der Waals surface area contributed by atoms with Gasteiger partial charge in [0.25, 0.3) is 5.92 Å². The van der Waals surface area contributed by atoms with Crippen molar-refractivity contribution in [3.63, 3.8) is 0 Å². The van der Waals surface area contributed by atoms with E-state index >= 15 is 0 Å². The first kappa shape index (κ1) is 19.7. The van der Waals surface area contributed by atoms with Crippen LogP contribution in [0.1, 0.15) is 44.6 Å². The first-order valence-corrected chi connectivity index (χ1v) is 7.64. The highest BCUT2D eigenvalue weighted by molar-refractivity contribution is 5.89. The molecule has 2 amide bonds. The summed E-state index contributed by atoms with van der Waals surface area (Å²) in [5.41, 5.74) is 3.69. The maximum atomic E-state index is 14.5. The van der Waals surface area contributed by atoms with E-state index in [-0.39, 0.29) is 5.56 Å². The number of primary amides is 1. The summed E-state index contributed by atoms with van der Waals surface area (Å²) < 4.78 is 29.0. The molecule has 7 heteroatoms. The van der Waals surface area contributed by atoms with Crippen LogP contribution in [-0.4, -0.2) is 29.6 Å². The Bertz CT molecular complexity index is 593. The predicted molar refractivity (Wildman–Crippen MR) is 85.5 cm³/mol. The number of nitrogens with two attached hydrogens (primary N) is 1. The van der Waals surface area contributed by atoms with Crippen LogP contribution in [0.3, 0.4) is 0 Å². The summed E-state index contributed by atoms with van der Waals surface area (Å²) in [5, 5.41) is 2.38. The third-order valence-corrected chi connectivity index (χ3v) is 3.67. The van der Waals surface area contributed by atoms with Crippen LogP contribution in [0.5, 0.6) is 0 Å². The van der Waals surface area contributed by atoms with Crippen molar-refractivity contribution in [2.45, 2.75) is 50.5 Å². The number of hydrogen-bond acceptors (Lipinski definition) is 3. The summed E-state index contributed by atoms with van der Waals surface area (Å²) in [6, 6.07) is 7.40. The van der Waals surface area contributed by atoms with Gasteiger partial charge in [-0.3, -0.25) is 9.59 Å². The van der Waals surface area contributed by atoms with Crippen molar-refractivity contribution >= 4 is 18.1 Å². The highest BCUT2D eigenvalue weighted by Gasteiger charge is 2.47. The zero-order valence-corrected chi connectivity index (χ0v) is 13.7. The Kier molecular flexibility index (Phi) is 6.57. The van der Waals surface area contributed by atoms with Crippen LogP contribution in [0.4, 0.5) is 8.78 Å². The summed E-state index contributed by atoms with van der Waals surface area (Å²) in [6.07, 6.45) is 0.169. The van der Waals surface area contributed by atoms with Gasteiger partial charge in [-0.15, -0.1) is 0 Å². The lowest BCUT2D eigenvalue weighted by Gasteiger charge is -2.30. The Morgan fingerprint density at radius 3 is 2.33 bits per heavy atom. The van der Waals surface area contributed by atoms with E-state index in [1.165, 1.54) is 31.2 Å². The lowest BCUT2D eigenvalue weighted by molar-refractivity contribution is -0.140. The van der Waals surface area contributed by atoms with E-state index in [1.807, 2.05) is 6.92 Å². The van der Waals surface area contributed by atoms with Crippen LogP contribution < -0.4 is 11.1 Å². The summed E-state index contributed by atoms with van der Waals surface area (Å²) in [5.74, 6) is -7.81. The van der Waals surface area contributed by atoms with Gasteiger partial charge in [0.2, 0.25) is 11.8 Å². The molecule has 0 fully saturated rings. The lowest BCUT2D eigenvalue weighted by atomic mass is 9.88. The fourth-order valence-electron chi connectivity index (χ4n) is 2.59. The van der Waals surface area contributed by atoms with Crippen LogP contribution in [0, 0.1) is 0 Å². The monoisotopic (exact) mass is 340 g/mol. The first-order chi connectivity index (χ1) is 11.1. The van der Waals surface area contributed by atoms with Crippen molar-refractivity contribution in [1.29, 1.82) is 0 Å². The second-order valence-corrected chi connectivity index (χ2v) is 6.02. The number of carbonyl (C=O) groups excluding carboxylic acids is 3. The van der Waals surface area contributed by atoms with Gasteiger partial charge in [-0.25, -0.2) is 8.78 Å². The van der Waals surface area contributed by atoms with Gasteiger partial charge in [-0.05, 0) is 18.9 Å². The molecule has 132 valence electrons. The van der Waals surface area contributed by atoms with E-state index in [2.05, 4.69) is 5.32 Å². The first-order valence-electron chi connectivity index (χ1n) is 7.64. The van der Waals surface area contributed by atoms with Crippen LogP contribution in [0.15, 0.2) is 30.3 Å². The Morgan fingerprint density at radius 1 is 1.29 bits per heavy atom. The Morgan fingerprint density at radius 2 is 1.88 bits per heavy atom. The van der Waals surface area contributed by atoms with E-state index in [0.29, 0.717) is 19.1 Å². The van der Waals surface area contributed by atoms with Crippen LogP contribution in [0.25, 0.3) is 0 Å². The number of hydrogen-bond donors (Lipinski definition) is 2. The molecule has 0 saturated heterocycles. The third kappa shape index (κ3) is 5.11. The molecule has 0 bridgehead atoms. The molecule has 0 saturated carbocycles. The highest BCUT2D eigenvalue weighted by Crippen LogP contribution is 2.37. The minimum Gasteiger partial charge on any atom is -0.369 e. The molecule has 1 aromatic carbocycles. The van der Waals surface area contributed by atoms with E-state index in [1.54, 1.807) is 6.07 Å². The molecule has 0 heterocycles. The molecule has 24 heavy (non-hydrogen) atoms. The van der Waals surface area contributed by atoms with Gasteiger partial charge >= 0.3 is 0 Å². The third-order valence-electron chi connectivity index (χ3n) is 3.67. The topological polar surface area (TPSA) is 89.3 Å². The summed E-state index contributed by atoms with van der Waals surface area (Å²) in [6.45, 7) is 3.28. The number of halogens is 2. The Labute approximate surface area is 139 Å². The average Bonchev–Trinajstić information content (AvgIpc) is 2.46. The van der Waals surface area contributed by atoms with Crippen LogP contribution >= 0.6 is 0 Å². The molecule has 0 aromatic heterocycles. The molecule has 0 unspecified atom stereocenters. The molecule has 0 aliphatic heterocycles. The number of nitrogens with one attached hydrogen (secondary N) is 1. The van der Waals surface area contributed by atoms with Crippen LogP contribution in [-0.2, 0) is 14.4 Å². The summed E-state index contributed by atoms with van der Waals surface area (Å²) in [4.78, 5) is 34.8. The molecule has 0 radical (unpaired) electrons. The fourth-order valence-corrected chi connectivity index (χ4v) is 2.59. The molecule has 3 N–H and O–H groups in total. The van der Waals surface area contributed by atoms with Gasteiger partial charge in [0.15, 0.2) is 0 Å². The number of amides is 2. The minimum atomic E-state index is -3.67. The number of carbonyl (C=O) groups is 3. The minimum absolute atomic E-state index is 0.0472. The van der Waals surface area contributed by atoms with Gasteiger partial charge in [0.05, 0.1) is 12.0 Å². The number of rotatable bonds is 9. The second-order valence-electron chi connectivity index (χ2n) is 6.02. The van der Waals surface area contributed by atoms with Gasteiger partial charge in [-0.2, -0.15) is 0 Å². The molecule has 0 aliphatic carbocycles. The SMILES string of the molecule is CCC[C@@](C)(C=O)NC(=O)[C@H](c1ccccc1)C(F)(F)CC(N)=O. The van der Waals surface area contributed by atoms with Crippen molar-refractivity contribution in [2.24, 2.45) is 5.73 Å². The van der Waals surface area contributed by atoms with Crippen molar-refractivity contribution in [3.05, 3.63) is 35.9 Å². The molecule has 5 nitrogen and oxygen atoms in total. The smallest absolute Gasteiger partial charge is 0.272 e. The summed E-state index contributed by atoms with van der Waals surface area (Å²) >= 11 is 0. The molecule has 1 aromatic rings. The quantitative estimate of drug-likeness (QED) is 0.675. The molecular weight excluding hydrogens is 318 g/mol. The number of aldehydes is 1. The number of alkyl halides is 2. The predicted octanol–water partition coefficient (Wildman–Crippen LogP) is 2.15. The zero-order valence-electron chi connectivity index (χ0n) is 13.7. The van der Waals surface area contributed by atoms with Gasteiger partial charge < -0.3 is 15.8 Å². The van der Waals surface area contributed by atoms with E-state index in [4.69, 9.17) is 5.73 Å². The van der Waals surface area contributed by atoms with Crippen molar-refractivity contribution in [1.82, 2.24) is 5.32 Å². The number of benzene rings is 1. The molecule has 0 spiro atoms. The van der Waals surface area contributed by atoms with Crippen molar-refractivity contribution in [3.8, 4) is 0 Å². The van der Waals surface area contributed by atoms with Crippen molar-refractivity contribution < 1.29 is 23.2 Å². The molecule has 2 atom stereocenters. The molecular formula is C17H22F2N2O3. The summed E-state index contributed by atoms with van der Waals surface area (Å²) in [7, 11) is 0. The second kappa shape index (κ2) is 7.99. The van der Waals surface area contributed by atoms with Gasteiger partial charge in [0, 0.05) is 0 Å². The maximum Gasteiger partial charge on any atom is 0.272 e. The van der Waals surface area contributed by atoms with E-state index in [0.717, 1.165) is 0 Å². The fraction of sp³-hybridized carbons (Fsp3) is 0.471. The van der Waals surface area contributed by atoms with Gasteiger partial charge in [0.1, 0.15) is 12.2 Å². The van der Waals surface area contributed by atoms with Gasteiger partial charge in [-0.1, -0.05) is 43.7 Å². The maximum absolute atomic E-state index is 14.5. The zero-order chi connectivity index (χ0) is 18.4. The Hall–Kier alpha value is -2.31. The Balaban J connectivity index is 3.21.